The lowest BCUT2D eigenvalue weighted by atomic mass is 9.99. The predicted molar refractivity (Wildman–Crippen MR) is 73.6 cm³/mol. The highest BCUT2D eigenvalue weighted by molar-refractivity contribution is 5.21. The van der Waals surface area contributed by atoms with E-state index in [9.17, 15) is 0 Å². The summed E-state index contributed by atoms with van der Waals surface area (Å²) in [7, 11) is 0. The molecule has 0 aromatic carbocycles. The van der Waals surface area contributed by atoms with Crippen molar-refractivity contribution in [3.8, 4) is 0 Å². The molecule has 0 spiro atoms. The summed E-state index contributed by atoms with van der Waals surface area (Å²) in [4.78, 5) is 4.31. The minimum absolute atomic E-state index is 0.280. The Morgan fingerprint density at radius 1 is 1.44 bits per heavy atom. The van der Waals surface area contributed by atoms with Crippen LogP contribution in [0, 0.1) is 6.92 Å². The van der Waals surface area contributed by atoms with Gasteiger partial charge < -0.3 is 10.1 Å². The number of ether oxygens (including phenoxy) is 1. The molecule has 0 amide bonds. The molecule has 1 aromatic heterocycles. The molecule has 0 radical (unpaired) electrons. The first-order chi connectivity index (χ1) is 8.70. The van der Waals surface area contributed by atoms with E-state index < -0.39 is 0 Å². The Hall–Kier alpha value is -0.930. The number of nitrogens with one attached hydrogen (secondary N) is 1. The lowest BCUT2D eigenvalue weighted by Gasteiger charge is -2.25. The maximum atomic E-state index is 6.02. The maximum Gasteiger partial charge on any atom is 0.0774 e. The zero-order valence-electron chi connectivity index (χ0n) is 11.6. The van der Waals surface area contributed by atoms with Gasteiger partial charge in [0.25, 0.3) is 0 Å². The average Bonchev–Trinajstić information content (AvgIpc) is 2.76. The summed E-state index contributed by atoms with van der Waals surface area (Å²) in [5.74, 6) is 0. The van der Waals surface area contributed by atoms with Crippen molar-refractivity contribution in [2.24, 2.45) is 0 Å². The second kappa shape index (κ2) is 6.30. The van der Waals surface area contributed by atoms with E-state index in [0.717, 1.165) is 25.8 Å². The van der Waals surface area contributed by atoms with E-state index in [1.54, 1.807) is 0 Å². The van der Waals surface area contributed by atoms with Crippen molar-refractivity contribution in [2.45, 2.75) is 58.3 Å². The number of rotatable bonds is 5. The monoisotopic (exact) mass is 248 g/mol. The van der Waals surface area contributed by atoms with Gasteiger partial charge >= 0.3 is 0 Å². The van der Waals surface area contributed by atoms with E-state index in [4.69, 9.17) is 4.74 Å². The van der Waals surface area contributed by atoms with E-state index in [1.165, 1.54) is 11.1 Å². The molecule has 1 aliphatic heterocycles. The van der Waals surface area contributed by atoms with Crippen LogP contribution in [0.3, 0.4) is 0 Å². The Labute approximate surface area is 110 Å². The summed E-state index contributed by atoms with van der Waals surface area (Å²) in [5, 5.41) is 3.61. The van der Waals surface area contributed by atoms with Gasteiger partial charge in [-0.2, -0.15) is 0 Å². The second-order valence-electron chi connectivity index (χ2n) is 5.29. The van der Waals surface area contributed by atoms with Gasteiger partial charge in [-0.1, -0.05) is 13.0 Å². The molecular formula is C15H24N2O. The third-order valence-corrected chi connectivity index (χ3v) is 3.51. The van der Waals surface area contributed by atoms with Crippen LogP contribution in [-0.2, 0) is 4.74 Å². The predicted octanol–water partition coefficient (Wildman–Crippen LogP) is 3.00. The van der Waals surface area contributed by atoms with Gasteiger partial charge in [0.2, 0.25) is 0 Å². The van der Waals surface area contributed by atoms with Crippen LogP contribution in [-0.4, -0.2) is 23.7 Å². The van der Waals surface area contributed by atoms with Gasteiger partial charge in [-0.25, -0.2) is 0 Å². The molecule has 3 nitrogen and oxygen atoms in total. The summed E-state index contributed by atoms with van der Waals surface area (Å²) in [6.45, 7) is 7.46. The Balaban J connectivity index is 2.14. The third-order valence-electron chi connectivity index (χ3n) is 3.51. The van der Waals surface area contributed by atoms with Crippen molar-refractivity contribution in [1.82, 2.24) is 10.3 Å². The standard InChI is InChI=1S/C15H24N2O/c1-4-7-17-15(14-6-5-12(3)18-14)13-8-11(2)9-16-10-13/h8-10,12,14-15,17H,4-7H2,1-3H3. The maximum absolute atomic E-state index is 6.02. The van der Waals surface area contributed by atoms with Crippen LogP contribution >= 0.6 is 0 Å². The number of nitrogens with zero attached hydrogens (tertiary/aromatic N) is 1. The van der Waals surface area contributed by atoms with Crippen molar-refractivity contribution in [1.29, 1.82) is 0 Å². The Morgan fingerprint density at radius 3 is 2.89 bits per heavy atom. The van der Waals surface area contributed by atoms with E-state index >= 15 is 0 Å². The van der Waals surface area contributed by atoms with Crippen LogP contribution in [0.1, 0.15) is 50.3 Å². The minimum atomic E-state index is 0.280. The van der Waals surface area contributed by atoms with Crippen LogP contribution in [0.4, 0.5) is 0 Å². The Kier molecular flexibility index (Phi) is 4.72. The number of aromatic nitrogens is 1. The highest BCUT2D eigenvalue weighted by atomic mass is 16.5. The number of pyridine rings is 1. The lowest BCUT2D eigenvalue weighted by Crippen LogP contribution is -2.32. The molecule has 1 aromatic rings. The molecule has 2 rings (SSSR count). The summed E-state index contributed by atoms with van der Waals surface area (Å²) in [6, 6.07) is 2.49. The van der Waals surface area contributed by atoms with Crippen LogP contribution in [0.2, 0.25) is 0 Å². The molecule has 1 saturated heterocycles. The zero-order chi connectivity index (χ0) is 13.0. The van der Waals surface area contributed by atoms with Gasteiger partial charge in [0.15, 0.2) is 0 Å². The summed E-state index contributed by atoms with van der Waals surface area (Å²) < 4.78 is 6.02. The van der Waals surface area contributed by atoms with Gasteiger partial charge in [-0.05, 0) is 50.8 Å². The Morgan fingerprint density at radius 2 is 2.28 bits per heavy atom. The molecule has 3 heteroatoms. The molecular weight excluding hydrogens is 224 g/mol. The van der Waals surface area contributed by atoms with Crippen LogP contribution < -0.4 is 5.32 Å². The van der Waals surface area contributed by atoms with Gasteiger partial charge in [0.05, 0.1) is 18.2 Å². The second-order valence-corrected chi connectivity index (χ2v) is 5.29. The van der Waals surface area contributed by atoms with E-state index in [0.29, 0.717) is 6.10 Å². The van der Waals surface area contributed by atoms with Gasteiger partial charge in [-0.3, -0.25) is 4.98 Å². The fourth-order valence-corrected chi connectivity index (χ4v) is 2.59. The highest BCUT2D eigenvalue weighted by Crippen LogP contribution is 2.30. The third kappa shape index (κ3) is 3.30. The van der Waals surface area contributed by atoms with Crippen LogP contribution in [0.25, 0.3) is 0 Å². The van der Waals surface area contributed by atoms with E-state index in [-0.39, 0.29) is 12.1 Å². The SMILES string of the molecule is CCCNC(c1cncc(C)c1)C1CCC(C)O1. The lowest BCUT2D eigenvalue weighted by molar-refractivity contribution is 0.0315. The minimum Gasteiger partial charge on any atom is -0.373 e. The van der Waals surface area contributed by atoms with Crippen LogP contribution in [0.15, 0.2) is 18.5 Å². The Bertz CT molecular complexity index is 381. The van der Waals surface area contributed by atoms with Crippen LogP contribution in [0.5, 0.6) is 0 Å². The molecule has 1 N–H and O–H groups in total. The van der Waals surface area contributed by atoms with Crippen molar-refractivity contribution in [3.05, 3.63) is 29.6 Å². The van der Waals surface area contributed by atoms with E-state index in [1.807, 2.05) is 12.4 Å². The molecule has 0 aliphatic carbocycles. The quantitative estimate of drug-likeness (QED) is 0.870. The van der Waals surface area contributed by atoms with E-state index in [2.05, 4.69) is 37.1 Å². The van der Waals surface area contributed by atoms with Crippen molar-refractivity contribution in [2.75, 3.05) is 6.54 Å². The fourth-order valence-electron chi connectivity index (χ4n) is 2.59. The van der Waals surface area contributed by atoms with Crippen molar-refractivity contribution in [3.63, 3.8) is 0 Å². The summed E-state index contributed by atoms with van der Waals surface area (Å²) >= 11 is 0. The number of aryl methyl sites for hydroxylation is 1. The molecule has 1 fully saturated rings. The molecule has 3 unspecified atom stereocenters. The molecule has 18 heavy (non-hydrogen) atoms. The highest BCUT2D eigenvalue weighted by Gasteiger charge is 2.30. The molecule has 1 aliphatic rings. The topological polar surface area (TPSA) is 34.2 Å². The fraction of sp³-hybridized carbons (Fsp3) is 0.667. The molecule has 0 bridgehead atoms. The smallest absolute Gasteiger partial charge is 0.0774 e. The first kappa shape index (κ1) is 13.5. The first-order valence-corrected chi connectivity index (χ1v) is 7.01. The normalized spacial score (nSPS) is 25.3. The number of hydrogen-bond acceptors (Lipinski definition) is 3. The molecule has 2 heterocycles. The summed E-state index contributed by atoms with van der Waals surface area (Å²) in [5.41, 5.74) is 2.46. The molecule has 100 valence electrons. The molecule has 3 atom stereocenters. The van der Waals surface area contributed by atoms with Crippen molar-refractivity contribution >= 4 is 0 Å². The zero-order valence-corrected chi connectivity index (χ0v) is 11.6. The first-order valence-electron chi connectivity index (χ1n) is 7.01. The number of hydrogen-bond donors (Lipinski definition) is 1. The van der Waals surface area contributed by atoms with Gasteiger partial charge in [0, 0.05) is 12.4 Å². The summed E-state index contributed by atoms with van der Waals surface area (Å²) in [6.07, 6.45) is 7.97. The largest absolute Gasteiger partial charge is 0.373 e. The van der Waals surface area contributed by atoms with Gasteiger partial charge in [-0.15, -0.1) is 0 Å². The molecule has 0 saturated carbocycles. The van der Waals surface area contributed by atoms with Crippen molar-refractivity contribution < 1.29 is 4.74 Å². The average molecular weight is 248 g/mol. The van der Waals surface area contributed by atoms with Gasteiger partial charge in [0.1, 0.15) is 0 Å².